The second-order valence-electron chi connectivity index (χ2n) is 8.02. The number of alkyl halides is 1. The lowest BCUT2D eigenvalue weighted by Gasteiger charge is -2.59. The molecule has 4 bridgehead atoms. The van der Waals surface area contributed by atoms with Crippen LogP contribution in [0.25, 0.3) is 0 Å². The first kappa shape index (κ1) is 16.3. The van der Waals surface area contributed by atoms with E-state index in [0.29, 0.717) is 18.3 Å². The summed E-state index contributed by atoms with van der Waals surface area (Å²) in [5, 5.41) is 3.03. The van der Waals surface area contributed by atoms with Gasteiger partial charge in [-0.05, 0) is 63.7 Å². The monoisotopic (exact) mass is 371 g/mol. The van der Waals surface area contributed by atoms with Crippen molar-refractivity contribution in [1.29, 1.82) is 0 Å². The molecule has 1 N–H and O–H groups in total. The number of carbonyl (C=O) groups excluding carboxylic acids is 2. The van der Waals surface area contributed by atoms with Crippen LogP contribution in [0.2, 0.25) is 0 Å². The predicted molar refractivity (Wildman–Crippen MR) is 87.6 cm³/mol. The van der Waals surface area contributed by atoms with Crippen molar-refractivity contribution in [3.8, 4) is 0 Å². The molecule has 4 aliphatic carbocycles. The maximum atomic E-state index is 13.1. The Labute approximate surface area is 140 Å². The van der Waals surface area contributed by atoms with Gasteiger partial charge in [-0.1, -0.05) is 22.9 Å². The number of methoxy groups -OCH3 is 1. The van der Waals surface area contributed by atoms with Crippen LogP contribution in [-0.2, 0) is 14.3 Å². The van der Waals surface area contributed by atoms with Crippen molar-refractivity contribution < 1.29 is 14.3 Å². The van der Waals surface area contributed by atoms with E-state index in [9.17, 15) is 9.59 Å². The second kappa shape index (κ2) is 5.22. The minimum absolute atomic E-state index is 0.0557. The molecule has 4 nitrogen and oxygen atoms in total. The zero-order valence-electron chi connectivity index (χ0n) is 13.7. The minimum Gasteiger partial charge on any atom is -0.467 e. The normalized spacial score (nSPS) is 41.8. The predicted octanol–water partition coefficient (Wildman–Crippen LogP) is 3.18. The van der Waals surface area contributed by atoms with Gasteiger partial charge in [0.1, 0.15) is 5.54 Å². The summed E-state index contributed by atoms with van der Waals surface area (Å²) < 4.78 is 5.02. The highest BCUT2D eigenvalue weighted by molar-refractivity contribution is 9.10. The number of hydrogen-bond donors (Lipinski definition) is 1. The van der Waals surface area contributed by atoms with Crippen LogP contribution in [0.15, 0.2) is 0 Å². The Morgan fingerprint density at radius 3 is 2.32 bits per heavy atom. The molecule has 0 aromatic heterocycles. The van der Waals surface area contributed by atoms with Gasteiger partial charge in [0.15, 0.2) is 0 Å². The SMILES string of the molecule is CCC(C)(NC(=O)C12CC3CC(CC(Br)(C3)C1)C2)C(=O)OC. The van der Waals surface area contributed by atoms with Crippen molar-refractivity contribution in [3.05, 3.63) is 0 Å². The van der Waals surface area contributed by atoms with Gasteiger partial charge in [-0.25, -0.2) is 4.79 Å². The van der Waals surface area contributed by atoms with Crippen LogP contribution in [-0.4, -0.2) is 28.8 Å². The molecule has 22 heavy (non-hydrogen) atoms. The third-order valence-electron chi connectivity index (χ3n) is 6.20. The standard InChI is InChI=1S/C17H26BrNO3/c1-4-15(2,14(21)22-3)19-13(20)16-6-11-5-12(7-16)9-17(18,8-11)10-16/h11-12H,4-10H2,1-3H3,(H,19,20). The quantitative estimate of drug-likeness (QED) is 0.609. The number of rotatable bonds is 4. The first-order valence-corrected chi connectivity index (χ1v) is 9.13. The molecule has 124 valence electrons. The topological polar surface area (TPSA) is 55.4 Å². The van der Waals surface area contributed by atoms with E-state index < -0.39 is 5.54 Å². The molecule has 0 aliphatic heterocycles. The number of esters is 1. The third kappa shape index (κ3) is 2.49. The van der Waals surface area contributed by atoms with Crippen LogP contribution < -0.4 is 5.32 Å². The highest BCUT2D eigenvalue weighted by Crippen LogP contribution is 2.64. The summed E-state index contributed by atoms with van der Waals surface area (Å²) >= 11 is 3.93. The molecule has 0 spiro atoms. The fourth-order valence-corrected chi connectivity index (χ4v) is 6.76. The van der Waals surface area contributed by atoms with E-state index in [4.69, 9.17) is 4.74 Å². The lowest BCUT2D eigenvalue weighted by molar-refractivity contribution is -0.156. The zero-order valence-corrected chi connectivity index (χ0v) is 15.3. The van der Waals surface area contributed by atoms with Crippen LogP contribution in [0.4, 0.5) is 0 Å². The van der Waals surface area contributed by atoms with Crippen molar-refractivity contribution in [2.45, 2.75) is 68.7 Å². The summed E-state index contributed by atoms with van der Waals surface area (Å²) in [4.78, 5) is 25.1. The fourth-order valence-electron chi connectivity index (χ4n) is 5.31. The molecule has 0 heterocycles. The highest BCUT2D eigenvalue weighted by atomic mass is 79.9. The molecule has 4 fully saturated rings. The molecule has 4 aliphatic rings. The van der Waals surface area contributed by atoms with Crippen LogP contribution >= 0.6 is 15.9 Å². The number of carbonyl (C=O) groups is 2. The Kier molecular flexibility index (Phi) is 3.86. The average Bonchev–Trinajstić information content (AvgIpc) is 2.43. The third-order valence-corrected chi connectivity index (χ3v) is 7.13. The molecular formula is C17H26BrNO3. The number of amides is 1. The summed E-state index contributed by atoms with van der Waals surface area (Å²) in [7, 11) is 1.38. The van der Waals surface area contributed by atoms with Gasteiger partial charge >= 0.3 is 5.97 Å². The summed E-state index contributed by atoms with van der Waals surface area (Å²) in [5.74, 6) is 0.997. The van der Waals surface area contributed by atoms with Crippen LogP contribution in [0.1, 0.15) is 58.8 Å². The van der Waals surface area contributed by atoms with Gasteiger partial charge in [0, 0.05) is 4.32 Å². The summed E-state index contributed by atoms with van der Waals surface area (Å²) in [6.07, 6.45) is 7.05. The molecular weight excluding hydrogens is 346 g/mol. The summed E-state index contributed by atoms with van der Waals surface area (Å²) in [5.41, 5.74) is -1.22. The van der Waals surface area contributed by atoms with E-state index in [2.05, 4.69) is 21.2 Å². The van der Waals surface area contributed by atoms with Gasteiger partial charge in [-0.3, -0.25) is 4.79 Å². The molecule has 3 unspecified atom stereocenters. The van der Waals surface area contributed by atoms with Gasteiger partial charge in [-0.15, -0.1) is 0 Å². The van der Waals surface area contributed by atoms with E-state index in [1.54, 1.807) is 6.92 Å². The average molecular weight is 372 g/mol. The van der Waals surface area contributed by atoms with E-state index in [1.165, 1.54) is 26.4 Å². The van der Waals surface area contributed by atoms with Crippen molar-refractivity contribution in [3.63, 3.8) is 0 Å². The largest absolute Gasteiger partial charge is 0.467 e. The first-order valence-electron chi connectivity index (χ1n) is 8.34. The zero-order chi connectivity index (χ0) is 16.2. The maximum absolute atomic E-state index is 13.1. The van der Waals surface area contributed by atoms with Crippen molar-refractivity contribution in [2.75, 3.05) is 7.11 Å². The van der Waals surface area contributed by atoms with E-state index >= 15 is 0 Å². The molecule has 4 rings (SSSR count). The van der Waals surface area contributed by atoms with Crippen molar-refractivity contribution in [2.24, 2.45) is 17.3 Å². The Bertz CT molecular complexity index is 492. The Balaban J connectivity index is 1.82. The molecule has 0 saturated heterocycles. The molecule has 0 aromatic rings. The van der Waals surface area contributed by atoms with Crippen LogP contribution in [0.5, 0.6) is 0 Å². The summed E-state index contributed by atoms with van der Waals surface area (Å²) in [6.45, 7) is 3.67. The number of halogens is 1. The first-order chi connectivity index (χ1) is 10.2. The second-order valence-corrected chi connectivity index (χ2v) is 9.71. The van der Waals surface area contributed by atoms with Crippen molar-refractivity contribution in [1.82, 2.24) is 5.32 Å². The molecule has 5 heteroatoms. The smallest absolute Gasteiger partial charge is 0.331 e. The van der Waals surface area contributed by atoms with E-state index in [0.717, 1.165) is 19.3 Å². The fraction of sp³-hybridized carbons (Fsp3) is 0.882. The van der Waals surface area contributed by atoms with Gasteiger partial charge < -0.3 is 10.1 Å². The maximum Gasteiger partial charge on any atom is 0.331 e. The highest BCUT2D eigenvalue weighted by Gasteiger charge is 2.60. The number of nitrogens with one attached hydrogen (secondary N) is 1. The van der Waals surface area contributed by atoms with Crippen LogP contribution in [0.3, 0.4) is 0 Å². The molecule has 0 aromatic carbocycles. The molecule has 4 saturated carbocycles. The van der Waals surface area contributed by atoms with Crippen molar-refractivity contribution >= 4 is 27.8 Å². The molecule has 1 amide bonds. The number of hydrogen-bond acceptors (Lipinski definition) is 3. The lowest BCUT2D eigenvalue weighted by Crippen LogP contribution is -2.62. The minimum atomic E-state index is -0.922. The molecule has 3 atom stereocenters. The Morgan fingerprint density at radius 1 is 1.27 bits per heavy atom. The number of ether oxygens (including phenoxy) is 1. The molecule has 0 radical (unpaired) electrons. The Hall–Kier alpha value is -0.580. The Morgan fingerprint density at radius 2 is 1.86 bits per heavy atom. The van der Waals surface area contributed by atoms with Gasteiger partial charge in [0.25, 0.3) is 0 Å². The van der Waals surface area contributed by atoms with Gasteiger partial charge in [0.2, 0.25) is 5.91 Å². The van der Waals surface area contributed by atoms with Gasteiger partial charge in [0.05, 0.1) is 12.5 Å². The van der Waals surface area contributed by atoms with E-state index in [-0.39, 0.29) is 21.6 Å². The lowest BCUT2D eigenvalue weighted by atomic mass is 9.49. The van der Waals surface area contributed by atoms with Gasteiger partial charge in [-0.2, -0.15) is 0 Å². The van der Waals surface area contributed by atoms with E-state index in [1.807, 2.05) is 6.92 Å². The summed E-state index contributed by atoms with van der Waals surface area (Å²) in [6, 6.07) is 0. The van der Waals surface area contributed by atoms with Crippen LogP contribution in [0, 0.1) is 17.3 Å².